The van der Waals surface area contributed by atoms with Gasteiger partial charge in [0.2, 0.25) is 0 Å². The first-order valence-corrected chi connectivity index (χ1v) is 22.3. The van der Waals surface area contributed by atoms with Crippen molar-refractivity contribution in [2.75, 3.05) is 0 Å². The summed E-state index contributed by atoms with van der Waals surface area (Å²) in [6.45, 7) is 4.54. The smallest absolute Gasteiger partial charge is 0.348 e. The summed E-state index contributed by atoms with van der Waals surface area (Å²) in [6.07, 6.45) is 38.2. The molecule has 2 N–H and O–H groups in total. The van der Waals surface area contributed by atoms with Gasteiger partial charge in [0.05, 0.1) is 0 Å². The summed E-state index contributed by atoms with van der Waals surface area (Å²) < 4.78 is 5.96. The van der Waals surface area contributed by atoms with E-state index in [0.717, 1.165) is 36.6 Å². The second kappa shape index (κ2) is 28.4. The Morgan fingerprint density at radius 3 is 1.30 bits per heavy atom. The molecule has 0 bridgehead atoms. The Morgan fingerprint density at radius 2 is 0.830 bits per heavy atom. The SMILES string of the molecule is CCCCCCCCCCCCCCCCCCCCc1ccccc1OC(=O)c1c(O)c(O)c(CCCCCCCCCCCC)c2ccccc12. The molecule has 0 saturated heterocycles. The minimum absolute atomic E-state index is 0.0351. The van der Waals surface area contributed by atoms with Crippen LogP contribution in [0.5, 0.6) is 17.2 Å². The van der Waals surface area contributed by atoms with E-state index in [1.807, 2.05) is 48.5 Å². The van der Waals surface area contributed by atoms with Crippen LogP contribution in [0.1, 0.15) is 215 Å². The molecule has 3 rings (SSSR count). The van der Waals surface area contributed by atoms with E-state index in [-0.39, 0.29) is 17.1 Å². The highest BCUT2D eigenvalue weighted by atomic mass is 16.5. The van der Waals surface area contributed by atoms with E-state index in [9.17, 15) is 15.0 Å². The summed E-state index contributed by atoms with van der Waals surface area (Å²) in [5, 5.41) is 23.8. The summed E-state index contributed by atoms with van der Waals surface area (Å²) >= 11 is 0. The molecule has 0 aromatic heterocycles. The number of aromatic hydroxyl groups is 2. The number of ether oxygens (including phenoxy) is 1. The number of rotatable bonds is 32. The quantitative estimate of drug-likeness (QED) is 0.0291. The molecule has 0 aliphatic rings. The number of unbranched alkanes of at least 4 members (excludes halogenated alkanes) is 26. The molecule has 0 spiro atoms. The van der Waals surface area contributed by atoms with E-state index in [0.29, 0.717) is 23.1 Å². The van der Waals surface area contributed by atoms with Crippen LogP contribution in [0.25, 0.3) is 10.8 Å². The molecule has 53 heavy (non-hydrogen) atoms. The van der Waals surface area contributed by atoms with Crippen molar-refractivity contribution in [3.8, 4) is 17.2 Å². The van der Waals surface area contributed by atoms with E-state index in [4.69, 9.17) is 4.74 Å². The van der Waals surface area contributed by atoms with Gasteiger partial charge in [0.1, 0.15) is 11.3 Å². The maximum Gasteiger partial charge on any atom is 0.348 e. The van der Waals surface area contributed by atoms with Crippen molar-refractivity contribution in [3.05, 3.63) is 65.2 Å². The summed E-state index contributed by atoms with van der Waals surface area (Å²) in [4.78, 5) is 13.7. The third-order valence-corrected chi connectivity index (χ3v) is 11.2. The van der Waals surface area contributed by atoms with Crippen LogP contribution in [0, 0.1) is 0 Å². The fourth-order valence-corrected chi connectivity index (χ4v) is 7.91. The second-order valence-corrected chi connectivity index (χ2v) is 15.8. The van der Waals surface area contributed by atoms with Gasteiger partial charge in [-0.2, -0.15) is 0 Å². The Hall–Kier alpha value is -3.01. The number of carbonyl (C=O) groups is 1. The molecule has 296 valence electrons. The van der Waals surface area contributed by atoms with Gasteiger partial charge in [-0.15, -0.1) is 0 Å². The fraction of sp³-hybridized carbons (Fsp3) is 0.653. The molecule has 4 heteroatoms. The number of fused-ring (bicyclic) bond motifs is 1. The number of hydrogen-bond donors (Lipinski definition) is 2. The van der Waals surface area contributed by atoms with E-state index < -0.39 is 5.97 Å². The monoisotopic (exact) mass is 729 g/mol. The maximum atomic E-state index is 13.7. The Kier molecular flexibility index (Phi) is 23.8. The molecule has 0 unspecified atom stereocenters. The first-order chi connectivity index (χ1) is 26.1. The van der Waals surface area contributed by atoms with Crippen LogP contribution in [0.4, 0.5) is 0 Å². The van der Waals surface area contributed by atoms with Crippen LogP contribution in [-0.2, 0) is 12.8 Å². The summed E-state index contributed by atoms with van der Waals surface area (Å²) in [6, 6.07) is 15.3. The third kappa shape index (κ3) is 17.3. The number of para-hydroxylation sites is 1. The van der Waals surface area contributed by atoms with Gasteiger partial charge in [0.25, 0.3) is 0 Å². The molecule has 0 amide bonds. The van der Waals surface area contributed by atoms with Crippen molar-refractivity contribution < 1.29 is 19.7 Å². The lowest BCUT2D eigenvalue weighted by Gasteiger charge is -2.16. The number of aryl methyl sites for hydroxylation is 2. The number of esters is 1. The molecule has 0 fully saturated rings. The lowest BCUT2D eigenvalue weighted by Crippen LogP contribution is -2.11. The van der Waals surface area contributed by atoms with Gasteiger partial charge >= 0.3 is 5.97 Å². The molecular weight excluding hydrogens is 653 g/mol. The van der Waals surface area contributed by atoms with Crippen molar-refractivity contribution in [1.29, 1.82) is 0 Å². The second-order valence-electron chi connectivity index (χ2n) is 15.8. The van der Waals surface area contributed by atoms with E-state index in [1.54, 1.807) is 0 Å². The number of hydrogen-bond acceptors (Lipinski definition) is 4. The standard InChI is InChI=1S/C49H76O4/c1-3-5-7-9-11-13-15-16-17-18-19-20-21-22-23-25-27-29-35-41-36-31-34-40-45(41)53-49(52)46-43-38-33-32-37-42(43)44(47(50)48(46)51)39-30-28-26-24-14-12-10-8-6-4-2/h31-34,36-38,40,50-51H,3-30,35,39H2,1-2H3. The third-order valence-electron chi connectivity index (χ3n) is 11.2. The predicted molar refractivity (Wildman–Crippen MR) is 227 cm³/mol. The molecule has 4 nitrogen and oxygen atoms in total. The number of carbonyl (C=O) groups excluding carboxylic acids is 1. The largest absolute Gasteiger partial charge is 0.504 e. The molecule has 0 aliphatic carbocycles. The van der Waals surface area contributed by atoms with Gasteiger partial charge in [0, 0.05) is 10.9 Å². The zero-order chi connectivity index (χ0) is 37.8. The van der Waals surface area contributed by atoms with Crippen molar-refractivity contribution in [2.45, 2.75) is 206 Å². The van der Waals surface area contributed by atoms with Crippen molar-refractivity contribution in [2.24, 2.45) is 0 Å². The van der Waals surface area contributed by atoms with Crippen LogP contribution < -0.4 is 4.74 Å². The molecule has 0 atom stereocenters. The first kappa shape index (κ1) is 44.4. The molecule has 0 radical (unpaired) electrons. The molecule has 0 aliphatic heterocycles. The normalized spacial score (nSPS) is 11.4. The lowest BCUT2D eigenvalue weighted by molar-refractivity contribution is 0.0731. The Balaban J connectivity index is 1.38. The molecule has 3 aromatic carbocycles. The predicted octanol–water partition coefficient (Wildman–Crippen LogP) is 15.5. The van der Waals surface area contributed by atoms with Crippen LogP contribution >= 0.6 is 0 Å². The van der Waals surface area contributed by atoms with Crippen molar-refractivity contribution >= 4 is 16.7 Å². The summed E-state index contributed by atoms with van der Waals surface area (Å²) in [7, 11) is 0. The Morgan fingerprint density at radius 1 is 0.453 bits per heavy atom. The molecule has 0 saturated carbocycles. The first-order valence-electron chi connectivity index (χ1n) is 22.3. The van der Waals surface area contributed by atoms with E-state index in [1.165, 1.54) is 161 Å². The van der Waals surface area contributed by atoms with Crippen LogP contribution in [0.3, 0.4) is 0 Å². The number of benzene rings is 3. The van der Waals surface area contributed by atoms with Gasteiger partial charge in [-0.25, -0.2) is 4.79 Å². The highest BCUT2D eigenvalue weighted by molar-refractivity contribution is 6.10. The Labute approximate surface area is 324 Å². The molecule has 0 heterocycles. The van der Waals surface area contributed by atoms with Gasteiger partial charge in [-0.1, -0.05) is 223 Å². The van der Waals surface area contributed by atoms with Crippen LogP contribution in [0.15, 0.2) is 48.5 Å². The maximum absolute atomic E-state index is 13.7. The average molecular weight is 729 g/mol. The number of phenols is 2. The average Bonchev–Trinajstić information content (AvgIpc) is 3.17. The zero-order valence-electron chi connectivity index (χ0n) is 34.0. The van der Waals surface area contributed by atoms with E-state index >= 15 is 0 Å². The van der Waals surface area contributed by atoms with Crippen LogP contribution in [-0.4, -0.2) is 16.2 Å². The highest BCUT2D eigenvalue weighted by Crippen LogP contribution is 2.41. The van der Waals surface area contributed by atoms with Gasteiger partial charge < -0.3 is 14.9 Å². The van der Waals surface area contributed by atoms with Gasteiger partial charge in [-0.3, -0.25) is 0 Å². The lowest BCUT2D eigenvalue weighted by atomic mass is 9.93. The summed E-state index contributed by atoms with van der Waals surface area (Å²) in [5.74, 6) is -0.679. The molecule has 3 aromatic rings. The minimum atomic E-state index is -0.634. The highest BCUT2D eigenvalue weighted by Gasteiger charge is 2.25. The van der Waals surface area contributed by atoms with Crippen molar-refractivity contribution in [1.82, 2.24) is 0 Å². The van der Waals surface area contributed by atoms with Gasteiger partial charge in [0.15, 0.2) is 11.5 Å². The van der Waals surface area contributed by atoms with Crippen LogP contribution in [0.2, 0.25) is 0 Å². The summed E-state index contributed by atoms with van der Waals surface area (Å²) in [5.41, 5.74) is 1.75. The number of phenolic OH excluding ortho intramolecular Hbond substituents is 2. The zero-order valence-corrected chi connectivity index (χ0v) is 34.0. The topological polar surface area (TPSA) is 66.8 Å². The fourth-order valence-electron chi connectivity index (χ4n) is 7.91. The Bertz CT molecular complexity index is 1390. The van der Waals surface area contributed by atoms with E-state index in [2.05, 4.69) is 13.8 Å². The minimum Gasteiger partial charge on any atom is -0.504 e. The molecular formula is C49H76O4. The van der Waals surface area contributed by atoms with Gasteiger partial charge in [-0.05, 0) is 42.7 Å². The van der Waals surface area contributed by atoms with Crippen molar-refractivity contribution in [3.63, 3.8) is 0 Å².